The van der Waals surface area contributed by atoms with E-state index in [1.54, 1.807) is 30.3 Å². The summed E-state index contributed by atoms with van der Waals surface area (Å²) in [5, 5.41) is 9.08. The summed E-state index contributed by atoms with van der Waals surface area (Å²) in [5.74, 6) is -0.622. The molecule has 6 heteroatoms. The number of anilines is 1. The summed E-state index contributed by atoms with van der Waals surface area (Å²) in [4.78, 5) is -0.144. The molecule has 0 aliphatic rings. The van der Waals surface area contributed by atoms with Crippen LogP contribution in [0.2, 0.25) is 0 Å². The van der Waals surface area contributed by atoms with Crippen molar-refractivity contribution in [2.24, 2.45) is 0 Å². The van der Waals surface area contributed by atoms with Crippen LogP contribution >= 0.6 is 0 Å². The molecule has 0 unspecified atom stereocenters. The molecule has 2 rings (SSSR count). The second-order valence-electron chi connectivity index (χ2n) is 4.09. The Labute approximate surface area is 117 Å². The number of hydrogen-bond donors (Lipinski definition) is 1. The van der Waals surface area contributed by atoms with Gasteiger partial charge in [0.2, 0.25) is 0 Å². The van der Waals surface area contributed by atoms with Gasteiger partial charge in [-0.05, 0) is 30.3 Å². The number of sulfonamides is 1. The number of para-hydroxylation sites is 1. The zero-order valence-electron chi connectivity index (χ0n) is 10.6. The predicted octanol–water partition coefficient (Wildman–Crippen LogP) is 2.01. The minimum absolute atomic E-state index is 0.0944. The topological polar surface area (TPSA) is 57.6 Å². The first-order valence-corrected chi connectivity index (χ1v) is 7.44. The van der Waals surface area contributed by atoms with Gasteiger partial charge in [0.25, 0.3) is 10.0 Å². The van der Waals surface area contributed by atoms with Gasteiger partial charge in [0.15, 0.2) is 0 Å². The van der Waals surface area contributed by atoms with Crippen molar-refractivity contribution in [1.29, 1.82) is 0 Å². The van der Waals surface area contributed by atoms with E-state index < -0.39 is 15.8 Å². The van der Waals surface area contributed by atoms with Gasteiger partial charge in [0.1, 0.15) is 5.82 Å². The van der Waals surface area contributed by atoms with Crippen LogP contribution in [-0.2, 0) is 10.0 Å². The van der Waals surface area contributed by atoms with Crippen molar-refractivity contribution < 1.29 is 17.9 Å². The third-order valence-corrected chi connectivity index (χ3v) is 4.55. The fourth-order valence-corrected chi connectivity index (χ4v) is 3.32. The average molecular weight is 295 g/mol. The van der Waals surface area contributed by atoms with Gasteiger partial charge in [-0.25, -0.2) is 12.8 Å². The molecule has 0 heterocycles. The van der Waals surface area contributed by atoms with Gasteiger partial charge in [0, 0.05) is 0 Å². The summed E-state index contributed by atoms with van der Waals surface area (Å²) in [7, 11) is -3.91. The van der Waals surface area contributed by atoms with Gasteiger partial charge in [-0.15, -0.1) is 0 Å². The summed E-state index contributed by atoms with van der Waals surface area (Å²) in [6.45, 7) is -0.424. The number of halogens is 1. The molecule has 0 spiro atoms. The lowest BCUT2D eigenvalue weighted by molar-refractivity contribution is 0.306. The van der Waals surface area contributed by atoms with Crippen molar-refractivity contribution in [1.82, 2.24) is 0 Å². The highest BCUT2D eigenvalue weighted by Gasteiger charge is 2.24. The third kappa shape index (κ3) is 2.97. The zero-order valence-corrected chi connectivity index (χ0v) is 11.4. The quantitative estimate of drug-likeness (QED) is 0.918. The van der Waals surface area contributed by atoms with Crippen LogP contribution in [0.3, 0.4) is 0 Å². The Hall–Kier alpha value is -1.92. The highest BCUT2D eigenvalue weighted by molar-refractivity contribution is 7.92. The Morgan fingerprint density at radius 2 is 1.75 bits per heavy atom. The zero-order chi connectivity index (χ0) is 14.6. The molecule has 0 amide bonds. The predicted molar refractivity (Wildman–Crippen MR) is 74.5 cm³/mol. The van der Waals surface area contributed by atoms with Crippen molar-refractivity contribution >= 4 is 15.7 Å². The Balaban J connectivity index is 2.48. The van der Waals surface area contributed by atoms with Crippen LogP contribution in [-0.4, -0.2) is 26.7 Å². The molecule has 2 aromatic rings. The van der Waals surface area contributed by atoms with Gasteiger partial charge in [0.05, 0.1) is 23.7 Å². The number of rotatable bonds is 5. The molecule has 0 saturated carbocycles. The number of aliphatic hydroxyl groups excluding tert-OH is 1. The molecular weight excluding hydrogens is 281 g/mol. The van der Waals surface area contributed by atoms with E-state index in [-0.39, 0.29) is 18.0 Å². The molecule has 0 radical (unpaired) electrons. The molecule has 0 aliphatic heterocycles. The van der Waals surface area contributed by atoms with Crippen LogP contribution in [0.5, 0.6) is 0 Å². The van der Waals surface area contributed by atoms with E-state index in [0.717, 1.165) is 10.4 Å². The van der Waals surface area contributed by atoms with Crippen molar-refractivity contribution in [2.75, 3.05) is 17.5 Å². The summed E-state index contributed by atoms with van der Waals surface area (Å²) < 4.78 is 39.3. The van der Waals surface area contributed by atoms with E-state index in [2.05, 4.69) is 0 Å². The fraction of sp³-hybridized carbons (Fsp3) is 0.143. The minimum atomic E-state index is -3.91. The molecule has 4 nitrogen and oxygen atoms in total. The summed E-state index contributed by atoms with van der Waals surface area (Å²) in [6, 6.07) is 13.2. The molecule has 0 atom stereocenters. The van der Waals surface area contributed by atoms with Crippen LogP contribution in [0.4, 0.5) is 10.1 Å². The normalized spacial score (nSPS) is 11.3. The first-order chi connectivity index (χ1) is 9.55. The highest BCUT2D eigenvalue weighted by atomic mass is 32.2. The molecule has 0 saturated heterocycles. The second kappa shape index (κ2) is 6.02. The molecule has 1 N–H and O–H groups in total. The highest BCUT2D eigenvalue weighted by Crippen LogP contribution is 2.23. The monoisotopic (exact) mass is 295 g/mol. The maximum Gasteiger partial charge on any atom is 0.264 e. The van der Waals surface area contributed by atoms with Gasteiger partial charge in [-0.1, -0.05) is 24.3 Å². The van der Waals surface area contributed by atoms with Crippen LogP contribution < -0.4 is 4.31 Å². The van der Waals surface area contributed by atoms with E-state index in [1.807, 2.05) is 0 Å². The molecule has 0 bridgehead atoms. The second-order valence-corrected chi connectivity index (χ2v) is 5.96. The van der Waals surface area contributed by atoms with Crippen molar-refractivity contribution in [3.8, 4) is 0 Å². The molecular formula is C14H14FNO3S. The van der Waals surface area contributed by atoms with E-state index in [4.69, 9.17) is 5.11 Å². The molecule has 2 aromatic carbocycles. The molecule has 0 fully saturated rings. The minimum Gasteiger partial charge on any atom is -0.394 e. The van der Waals surface area contributed by atoms with E-state index in [0.29, 0.717) is 5.69 Å². The lowest BCUT2D eigenvalue weighted by atomic mass is 10.3. The van der Waals surface area contributed by atoms with Crippen molar-refractivity contribution in [2.45, 2.75) is 4.90 Å². The number of nitrogens with zero attached hydrogens (tertiary/aromatic N) is 1. The first-order valence-electron chi connectivity index (χ1n) is 6.00. The standard InChI is InChI=1S/C14H14FNO3S/c15-12-5-4-8-14(11-12)20(18,19)16(9-10-17)13-6-2-1-3-7-13/h1-8,11,17H,9-10H2. The fourth-order valence-electron chi connectivity index (χ4n) is 1.83. The maximum atomic E-state index is 13.2. The number of benzene rings is 2. The summed E-state index contributed by atoms with van der Waals surface area (Å²) in [5.41, 5.74) is 0.422. The number of hydrogen-bond acceptors (Lipinski definition) is 3. The molecule has 0 aromatic heterocycles. The van der Waals surface area contributed by atoms with E-state index in [9.17, 15) is 12.8 Å². The van der Waals surface area contributed by atoms with Crippen molar-refractivity contribution in [3.63, 3.8) is 0 Å². The molecule has 20 heavy (non-hydrogen) atoms. The summed E-state index contributed by atoms with van der Waals surface area (Å²) >= 11 is 0. The Bertz CT molecular complexity index is 674. The van der Waals surface area contributed by atoms with Crippen LogP contribution in [0.25, 0.3) is 0 Å². The largest absolute Gasteiger partial charge is 0.394 e. The maximum absolute atomic E-state index is 13.2. The van der Waals surface area contributed by atoms with E-state index in [1.165, 1.54) is 18.2 Å². The van der Waals surface area contributed by atoms with Gasteiger partial charge in [-0.2, -0.15) is 0 Å². The average Bonchev–Trinajstić information content (AvgIpc) is 2.45. The Kier molecular flexibility index (Phi) is 4.36. The molecule has 106 valence electrons. The first kappa shape index (κ1) is 14.5. The van der Waals surface area contributed by atoms with E-state index >= 15 is 0 Å². The van der Waals surface area contributed by atoms with Gasteiger partial charge in [-0.3, -0.25) is 4.31 Å². The number of aliphatic hydroxyl groups is 1. The Morgan fingerprint density at radius 3 is 2.35 bits per heavy atom. The van der Waals surface area contributed by atoms with Crippen LogP contribution in [0.15, 0.2) is 59.5 Å². The van der Waals surface area contributed by atoms with Gasteiger partial charge >= 0.3 is 0 Å². The molecule has 0 aliphatic carbocycles. The van der Waals surface area contributed by atoms with Crippen LogP contribution in [0.1, 0.15) is 0 Å². The smallest absolute Gasteiger partial charge is 0.264 e. The van der Waals surface area contributed by atoms with Gasteiger partial charge < -0.3 is 5.11 Å². The summed E-state index contributed by atoms with van der Waals surface area (Å²) in [6.07, 6.45) is 0. The SMILES string of the molecule is O=S(=O)(c1cccc(F)c1)N(CCO)c1ccccc1. The Morgan fingerprint density at radius 1 is 1.05 bits per heavy atom. The van der Waals surface area contributed by atoms with Crippen LogP contribution in [0, 0.1) is 5.82 Å². The lowest BCUT2D eigenvalue weighted by Crippen LogP contribution is -2.33. The lowest BCUT2D eigenvalue weighted by Gasteiger charge is -2.23. The van der Waals surface area contributed by atoms with Crippen molar-refractivity contribution in [3.05, 3.63) is 60.4 Å². The third-order valence-electron chi connectivity index (χ3n) is 2.73.